The van der Waals surface area contributed by atoms with Crippen molar-refractivity contribution < 1.29 is 19.4 Å². The van der Waals surface area contributed by atoms with Gasteiger partial charge in [0.1, 0.15) is 12.2 Å². The molecule has 12 nitrogen and oxygen atoms in total. The quantitative estimate of drug-likeness (QED) is 0.535. The first-order chi connectivity index (χ1) is 16.2. The lowest BCUT2D eigenvalue weighted by molar-refractivity contribution is -0.162. The zero-order valence-electron chi connectivity index (χ0n) is 16.8. The molecular formula is C22H8N8O4. The summed E-state index contributed by atoms with van der Waals surface area (Å²) in [5, 5.41) is 89.9. The minimum atomic E-state index is -2.75. The smallest absolute Gasteiger partial charge is 0.217 e. The predicted molar refractivity (Wildman–Crippen MR) is 99.1 cm³/mol. The van der Waals surface area contributed by atoms with Gasteiger partial charge in [-0.1, -0.05) is 12.2 Å². The summed E-state index contributed by atoms with van der Waals surface area (Å²) < 4.78 is 11.1. The second-order valence-corrected chi connectivity index (χ2v) is 8.10. The number of carbonyl (C=O) groups excluding carboxylic acids is 1. The summed E-state index contributed by atoms with van der Waals surface area (Å²) in [5.41, 5.74) is -15.6. The van der Waals surface area contributed by atoms with Gasteiger partial charge in [0.05, 0.1) is 48.6 Å². The zero-order chi connectivity index (χ0) is 25.2. The number of hydrogen-bond acceptors (Lipinski definition) is 12. The standard InChI is InChI=1S/C22H8N8O4/c23-5-17(6-24)13-1-3-21(33-13,19(17,9-27)10-28)15(31)16(32)22-4-2-14(34-22)18(7-25,8-26)20(22,11-29)12-30/h1-4,13-15,31H/t13-,14-,15+,21-,22+/m1/s1. The van der Waals surface area contributed by atoms with Gasteiger partial charge in [-0.05, 0) is 12.2 Å². The van der Waals surface area contributed by atoms with Gasteiger partial charge in [-0.2, -0.15) is 42.1 Å². The molecule has 4 bridgehead atoms. The lowest BCUT2D eigenvalue weighted by Gasteiger charge is -2.42. The molecule has 0 radical (unpaired) electrons. The van der Waals surface area contributed by atoms with Gasteiger partial charge in [0.25, 0.3) is 0 Å². The Labute approximate surface area is 191 Å². The van der Waals surface area contributed by atoms with Crippen molar-refractivity contribution in [2.75, 3.05) is 0 Å². The van der Waals surface area contributed by atoms with Crippen molar-refractivity contribution in [3.05, 3.63) is 24.3 Å². The van der Waals surface area contributed by atoms with E-state index in [-0.39, 0.29) is 0 Å². The molecule has 0 aromatic carbocycles. The summed E-state index contributed by atoms with van der Waals surface area (Å²) >= 11 is 0. The number of fused-ring (bicyclic) bond motifs is 4. The predicted octanol–water partition coefficient (Wildman–Crippen LogP) is -0.535. The third kappa shape index (κ3) is 1.65. The Kier molecular flexibility index (Phi) is 4.08. The second-order valence-electron chi connectivity index (χ2n) is 8.10. The first-order valence-corrected chi connectivity index (χ1v) is 9.45. The van der Waals surface area contributed by atoms with Crippen LogP contribution in [0.5, 0.6) is 0 Å². The molecule has 0 amide bonds. The average Bonchev–Trinajstić information content (AvgIpc) is 3.62. The van der Waals surface area contributed by atoms with E-state index < -0.39 is 57.0 Å². The lowest BCUT2D eigenvalue weighted by atomic mass is 9.51. The van der Waals surface area contributed by atoms with Gasteiger partial charge >= 0.3 is 0 Å². The van der Waals surface area contributed by atoms with Crippen LogP contribution in [0.2, 0.25) is 0 Å². The van der Waals surface area contributed by atoms with Crippen LogP contribution in [0.4, 0.5) is 0 Å². The first kappa shape index (κ1) is 22.2. The highest BCUT2D eigenvalue weighted by molar-refractivity contribution is 5.99. The van der Waals surface area contributed by atoms with Crippen LogP contribution in [0, 0.1) is 112 Å². The topological polar surface area (TPSA) is 246 Å². The fourth-order valence-corrected chi connectivity index (χ4v) is 5.41. The van der Waals surface area contributed by atoms with Crippen LogP contribution in [-0.2, 0) is 14.3 Å². The largest absolute Gasteiger partial charge is 0.382 e. The number of nitriles is 8. The van der Waals surface area contributed by atoms with E-state index in [1.54, 1.807) is 36.4 Å². The zero-order valence-corrected chi connectivity index (χ0v) is 16.8. The maximum atomic E-state index is 13.8. The molecule has 0 aromatic heterocycles. The summed E-state index contributed by atoms with van der Waals surface area (Å²) in [6, 6.07) is 12.6. The number of aliphatic hydroxyl groups is 1. The molecule has 34 heavy (non-hydrogen) atoms. The van der Waals surface area contributed by atoms with E-state index in [4.69, 9.17) is 9.47 Å². The Hall–Kier alpha value is -5.05. The van der Waals surface area contributed by atoms with Gasteiger partial charge in [-0.15, -0.1) is 0 Å². The second kappa shape index (κ2) is 6.26. The molecule has 2 saturated heterocycles. The number of hydrogen-bond donors (Lipinski definition) is 1. The van der Waals surface area contributed by atoms with Gasteiger partial charge < -0.3 is 14.6 Å². The van der Waals surface area contributed by atoms with E-state index in [1.165, 1.54) is 12.1 Å². The molecule has 4 rings (SSSR count). The molecule has 4 heterocycles. The van der Waals surface area contributed by atoms with Crippen LogP contribution in [0.3, 0.4) is 0 Å². The molecule has 160 valence electrons. The maximum Gasteiger partial charge on any atom is 0.217 e. The number of ether oxygens (including phenoxy) is 2. The van der Waals surface area contributed by atoms with E-state index in [2.05, 4.69) is 0 Å². The minimum Gasteiger partial charge on any atom is -0.382 e. The van der Waals surface area contributed by atoms with Crippen molar-refractivity contribution in [3.63, 3.8) is 0 Å². The highest BCUT2D eigenvalue weighted by atomic mass is 16.5. The van der Waals surface area contributed by atoms with Crippen molar-refractivity contribution >= 4 is 5.78 Å². The van der Waals surface area contributed by atoms with Gasteiger partial charge in [0, 0.05) is 0 Å². The third-order valence-electron chi connectivity index (χ3n) is 7.24. The first-order valence-electron chi connectivity index (χ1n) is 9.45. The highest BCUT2D eigenvalue weighted by Crippen LogP contribution is 2.66. The third-order valence-corrected chi connectivity index (χ3v) is 7.24. The molecule has 0 unspecified atom stereocenters. The van der Waals surface area contributed by atoms with Crippen molar-refractivity contribution in [1.82, 2.24) is 0 Å². The number of nitrogens with zero attached hydrogens (tertiary/aromatic N) is 8. The number of aliphatic hydroxyl groups excluding tert-OH is 1. The molecule has 4 aliphatic heterocycles. The molecule has 1 N–H and O–H groups in total. The Bertz CT molecular complexity index is 1400. The van der Waals surface area contributed by atoms with Gasteiger partial charge in [-0.25, -0.2) is 0 Å². The normalized spacial score (nSPS) is 35.7. The molecule has 0 spiro atoms. The number of rotatable bonds is 3. The van der Waals surface area contributed by atoms with Crippen molar-refractivity contribution in [2.24, 2.45) is 21.7 Å². The molecule has 4 aliphatic rings. The molecule has 0 saturated carbocycles. The Morgan fingerprint density at radius 1 is 0.706 bits per heavy atom. The van der Waals surface area contributed by atoms with Crippen LogP contribution in [0.1, 0.15) is 0 Å². The van der Waals surface area contributed by atoms with E-state index in [0.29, 0.717) is 0 Å². The number of Topliss-reactive ketones (excluding diaryl/α,β-unsaturated/α-hetero) is 1. The summed E-state index contributed by atoms with van der Waals surface area (Å²) in [6.07, 6.45) is -1.24. The average molecular weight is 448 g/mol. The summed E-state index contributed by atoms with van der Waals surface area (Å²) in [6.45, 7) is 0. The molecule has 12 heteroatoms. The van der Waals surface area contributed by atoms with Crippen LogP contribution in [0.15, 0.2) is 24.3 Å². The highest BCUT2D eigenvalue weighted by Gasteiger charge is 2.85. The molecule has 5 atom stereocenters. The van der Waals surface area contributed by atoms with E-state index in [9.17, 15) is 52.0 Å². The van der Waals surface area contributed by atoms with Crippen molar-refractivity contribution in [3.8, 4) is 48.6 Å². The Balaban J connectivity index is 1.96. The van der Waals surface area contributed by atoms with E-state index >= 15 is 0 Å². The Morgan fingerprint density at radius 2 is 1.15 bits per heavy atom. The van der Waals surface area contributed by atoms with Crippen LogP contribution in [-0.4, -0.2) is 40.4 Å². The number of carbonyl (C=O) groups is 1. The fourth-order valence-electron chi connectivity index (χ4n) is 5.41. The SMILES string of the molecule is N#CC1(C#N)[C@H]2C=C[C@@](C(=O)[C@H](O)[C@@]34C=C[C@@H](O3)C(C#N)(C#N)C4(C#N)C#N)(O2)C1(C#N)C#N. The van der Waals surface area contributed by atoms with Crippen LogP contribution < -0.4 is 0 Å². The molecule has 0 aliphatic carbocycles. The van der Waals surface area contributed by atoms with Crippen molar-refractivity contribution in [1.29, 1.82) is 42.1 Å². The number of ketones is 1. The summed E-state index contributed by atoms with van der Waals surface area (Å²) in [4.78, 5) is 13.8. The van der Waals surface area contributed by atoms with Crippen molar-refractivity contribution in [2.45, 2.75) is 29.5 Å². The summed E-state index contributed by atoms with van der Waals surface area (Å²) in [5.74, 6) is -1.46. The van der Waals surface area contributed by atoms with Gasteiger partial charge in [0.2, 0.25) is 27.4 Å². The van der Waals surface area contributed by atoms with Gasteiger partial charge in [-0.3, -0.25) is 4.79 Å². The summed E-state index contributed by atoms with van der Waals surface area (Å²) in [7, 11) is 0. The molecule has 0 aromatic rings. The van der Waals surface area contributed by atoms with E-state index in [0.717, 1.165) is 24.3 Å². The van der Waals surface area contributed by atoms with Gasteiger partial charge in [0.15, 0.2) is 17.3 Å². The minimum absolute atomic E-state index is 0.965. The maximum absolute atomic E-state index is 13.8. The molecular weight excluding hydrogens is 440 g/mol. The Morgan fingerprint density at radius 3 is 1.62 bits per heavy atom. The van der Waals surface area contributed by atoms with Crippen LogP contribution in [0.25, 0.3) is 0 Å². The van der Waals surface area contributed by atoms with Crippen LogP contribution >= 0.6 is 0 Å². The molecule has 2 fully saturated rings. The monoisotopic (exact) mass is 448 g/mol. The lowest BCUT2D eigenvalue weighted by Crippen LogP contribution is -2.65. The van der Waals surface area contributed by atoms with E-state index in [1.807, 2.05) is 0 Å². The fraction of sp³-hybridized carbons (Fsp3) is 0.409.